The summed E-state index contributed by atoms with van der Waals surface area (Å²) in [5.74, 6) is 1.74. The molecule has 0 saturated heterocycles. The number of carbonyl (C=O) groups is 1. The van der Waals surface area contributed by atoms with E-state index in [0.29, 0.717) is 23.7 Å². The van der Waals surface area contributed by atoms with Crippen molar-refractivity contribution in [1.29, 1.82) is 0 Å². The van der Waals surface area contributed by atoms with Crippen molar-refractivity contribution in [2.24, 2.45) is 17.8 Å². The number of hydrogen-bond donors (Lipinski definition) is 0. The van der Waals surface area contributed by atoms with Crippen LogP contribution in [0.1, 0.15) is 39.0 Å². The fourth-order valence-corrected chi connectivity index (χ4v) is 3.94. The Bertz CT molecular complexity index is 267. The molecule has 2 saturated carbocycles. The standard InChI is InChI=1S/C13H21ClO2/c1-8(15)10-5-9-3-4-11(16-2)7-12(9)13(14)6-10/h9-13H,3-7H2,1-2H3. The lowest BCUT2D eigenvalue weighted by atomic mass is 9.66. The summed E-state index contributed by atoms with van der Waals surface area (Å²) >= 11 is 6.44. The van der Waals surface area contributed by atoms with Crippen molar-refractivity contribution in [1.82, 2.24) is 0 Å². The van der Waals surface area contributed by atoms with Crippen LogP contribution in [0.5, 0.6) is 0 Å². The number of ether oxygens (including phenoxy) is 1. The van der Waals surface area contributed by atoms with Crippen molar-refractivity contribution in [3.05, 3.63) is 0 Å². The van der Waals surface area contributed by atoms with Gasteiger partial charge >= 0.3 is 0 Å². The van der Waals surface area contributed by atoms with Gasteiger partial charge in [0, 0.05) is 18.4 Å². The minimum Gasteiger partial charge on any atom is -0.381 e. The van der Waals surface area contributed by atoms with Crippen molar-refractivity contribution in [3.63, 3.8) is 0 Å². The Hall–Kier alpha value is -0.0800. The molecule has 2 aliphatic rings. The second kappa shape index (κ2) is 5.05. The predicted octanol–water partition coefficient (Wildman–Crippen LogP) is 3.02. The van der Waals surface area contributed by atoms with Crippen molar-refractivity contribution >= 4 is 17.4 Å². The highest BCUT2D eigenvalue weighted by Gasteiger charge is 2.41. The van der Waals surface area contributed by atoms with E-state index >= 15 is 0 Å². The zero-order valence-corrected chi connectivity index (χ0v) is 10.9. The van der Waals surface area contributed by atoms with E-state index in [2.05, 4.69) is 0 Å². The minimum atomic E-state index is 0.172. The van der Waals surface area contributed by atoms with Crippen LogP contribution in [0.4, 0.5) is 0 Å². The van der Waals surface area contributed by atoms with Crippen LogP contribution < -0.4 is 0 Å². The van der Waals surface area contributed by atoms with E-state index in [1.54, 1.807) is 14.0 Å². The zero-order valence-electron chi connectivity index (χ0n) is 10.1. The number of Topliss-reactive ketones (excluding diaryl/α,β-unsaturated/α-hetero) is 1. The van der Waals surface area contributed by atoms with Crippen LogP contribution >= 0.6 is 11.6 Å². The highest BCUT2D eigenvalue weighted by atomic mass is 35.5. The van der Waals surface area contributed by atoms with Gasteiger partial charge < -0.3 is 4.74 Å². The minimum absolute atomic E-state index is 0.172. The number of ketones is 1. The summed E-state index contributed by atoms with van der Waals surface area (Å²) in [7, 11) is 1.79. The summed E-state index contributed by atoms with van der Waals surface area (Å²) in [6.45, 7) is 1.70. The van der Waals surface area contributed by atoms with Gasteiger partial charge in [0.15, 0.2) is 0 Å². The molecule has 0 aromatic rings. The maximum Gasteiger partial charge on any atom is 0.132 e. The maximum absolute atomic E-state index is 11.5. The smallest absolute Gasteiger partial charge is 0.132 e. The third-order valence-electron chi connectivity index (χ3n) is 4.47. The number of methoxy groups -OCH3 is 1. The first kappa shape index (κ1) is 12.4. The van der Waals surface area contributed by atoms with Gasteiger partial charge in [0.2, 0.25) is 0 Å². The monoisotopic (exact) mass is 244 g/mol. The highest BCUT2D eigenvalue weighted by molar-refractivity contribution is 6.21. The van der Waals surface area contributed by atoms with E-state index in [4.69, 9.17) is 16.3 Å². The SMILES string of the molecule is COC1CCC2CC(C(C)=O)CC(Cl)C2C1. The highest BCUT2D eigenvalue weighted by Crippen LogP contribution is 2.45. The van der Waals surface area contributed by atoms with Crippen LogP contribution in [0, 0.1) is 17.8 Å². The molecule has 0 N–H and O–H groups in total. The quantitative estimate of drug-likeness (QED) is 0.698. The molecule has 2 nitrogen and oxygen atoms in total. The van der Waals surface area contributed by atoms with E-state index < -0.39 is 0 Å². The Kier molecular flexibility index (Phi) is 3.91. The van der Waals surface area contributed by atoms with Gasteiger partial charge in [-0.3, -0.25) is 4.79 Å². The molecule has 0 aromatic carbocycles. The van der Waals surface area contributed by atoms with Gasteiger partial charge in [0.1, 0.15) is 5.78 Å². The van der Waals surface area contributed by atoms with Gasteiger partial charge in [-0.05, 0) is 50.9 Å². The molecule has 0 spiro atoms. The average Bonchev–Trinajstić information content (AvgIpc) is 2.28. The number of hydrogen-bond acceptors (Lipinski definition) is 2. The lowest BCUT2D eigenvalue weighted by Gasteiger charge is -2.43. The van der Waals surface area contributed by atoms with E-state index in [9.17, 15) is 4.79 Å². The Morgan fingerprint density at radius 2 is 2.00 bits per heavy atom. The molecule has 2 aliphatic carbocycles. The predicted molar refractivity (Wildman–Crippen MR) is 64.7 cm³/mol. The van der Waals surface area contributed by atoms with Gasteiger partial charge in [-0.25, -0.2) is 0 Å². The first-order valence-electron chi connectivity index (χ1n) is 6.29. The van der Waals surface area contributed by atoms with Crippen LogP contribution in [0.15, 0.2) is 0 Å². The van der Waals surface area contributed by atoms with E-state index in [1.807, 2.05) is 0 Å². The number of rotatable bonds is 2. The molecule has 0 heterocycles. The molecular formula is C13H21ClO2. The second-order valence-corrected chi connectivity index (χ2v) is 5.95. The fourth-order valence-electron chi connectivity index (χ4n) is 3.42. The summed E-state index contributed by atoms with van der Waals surface area (Å²) in [5.41, 5.74) is 0. The van der Waals surface area contributed by atoms with Gasteiger partial charge in [-0.2, -0.15) is 0 Å². The number of fused-ring (bicyclic) bond motifs is 1. The topological polar surface area (TPSA) is 26.3 Å². The molecule has 16 heavy (non-hydrogen) atoms. The molecule has 0 amide bonds. The first-order valence-corrected chi connectivity index (χ1v) is 6.72. The van der Waals surface area contributed by atoms with Crippen LogP contribution in [0.25, 0.3) is 0 Å². The third kappa shape index (κ3) is 2.43. The van der Waals surface area contributed by atoms with E-state index in [-0.39, 0.29) is 11.3 Å². The number of alkyl halides is 1. The van der Waals surface area contributed by atoms with Crippen molar-refractivity contribution in [2.75, 3.05) is 7.11 Å². The normalized spacial score (nSPS) is 43.8. The molecule has 5 unspecified atom stereocenters. The first-order chi connectivity index (χ1) is 7.61. The fraction of sp³-hybridized carbons (Fsp3) is 0.923. The molecule has 92 valence electrons. The van der Waals surface area contributed by atoms with Crippen molar-refractivity contribution < 1.29 is 9.53 Å². The van der Waals surface area contributed by atoms with Crippen molar-refractivity contribution in [3.8, 4) is 0 Å². The average molecular weight is 245 g/mol. The van der Waals surface area contributed by atoms with E-state index in [1.165, 1.54) is 6.42 Å². The molecule has 2 rings (SSSR count). The van der Waals surface area contributed by atoms with Gasteiger partial charge in [-0.15, -0.1) is 11.6 Å². The molecule has 0 radical (unpaired) electrons. The maximum atomic E-state index is 11.5. The largest absolute Gasteiger partial charge is 0.381 e. The summed E-state index contributed by atoms with van der Waals surface area (Å²) in [5, 5.41) is 0.172. The summed E-state index contributed by atoms with van der Waals surface area (Å²) in [4.78, 5) is 11.5. The third-order valence-corrected chi connectivity index (χ3v) is 4.97. The van der Waals surface area contributed by atoms with Crippen LogP contribution in [-0.2, 0) is 9.53 Å². The Morgan fingerprint density at radius 3 is 2.62 bits per heavy atom. The summed E-state index contributed by atoms with van der Waals surface area (Å²) in [6.07, 6.45) is 5.70. The molecule has 0 bridgehead atoms. The Morgan fingerprint density at radius 1 is 1.25 bits per heavy atom. The number of carbonyl (C=O) groups excluding carboxylic acids is 1. The van der Waals surface area contributed by atoms with E-state index in [0.717, 1.165) is 25.7 Å². The Labute approximate surface area is 103 Å². The molecule has 0 aliphatic heterocycles. The molecular weight excluding hydrogens is 224 g/mol. The summed E-state index contributed by atoms with van der Waals surface area (Å²) in [6, 6.07) is 0. The Balaban J connectivity index is 2.01. The van der Waals surface area contributed by atoms with Gasteiger partial charge in [0.05, 0.1) is 6.10 Å². The van der Waals surface area contributed by atoms with Crippen LogP contribution in [-0.4, -0.2) is 24.4 Å². The van der Waals surface area contributed by atoms with Gasteiger partial charge in [0.25, 0.3) is 0 Å². The molecule has 3 heteroatoms. The lowest BCUT2D eigenvalue weighted by molar-refractivity contribution is -0.123. The number of halogens is 1. The lowest BCUT2D eigenvalue weighted by Crippen LogP contribution is -2.41. The van der Waals surface area contributed by atoms with Crippen LogP contribution in [0.2, 0.25) is 0 Å². The molecule has 5 atom stereocenters. The molecule has 2 fully saturated rings. The zero-order chi connectivity index (χ0) is 11.7. The second-order valence-electron chi connectivity index (χ2n) is 5.39. The molecule has 0 aromatic heterocycles. The van der Waals surface area contributed by atoms with Crippen LogP contribution in [0.3, 0.4) is 0 Å². The van der Waals surface area contributed by atoms with Crippen molar-refractivity contribution in [2.45, 2.75) is 50.5 Å². The summed E-state index contributed by atoms with van der Waals surface area (Å²) < 4.78 is 5.44. The van der Waals surface area contributed by atoms with Gasteiger partial charge in [-0.1, -0.05) is 0 Å².